The van der Waals surface area contributed by atoms with Gasteiger partial charge in [-0.2, -0.15) is 0 Å². The largest absolute Gasteiger partial charge is 2.00 e. The molecule has 0 aliphatic carbocycles. The fourth-order valence-corrected chi connectivity index (χ4v) is 2.26. The molecule has 0 unspecified atom stereocenters. The van der Waals surface area contributed by atoms with Crippen LogP contribution >= 0.6 is 0 Å². The fourth-order valence-electron chi connectivity index (χ4n) is 2.26. The molecule has 0 aromatic heterocycles. The van der Waals surface area contributed by atoms with Crippen LogP contribution in [0.25, 0.3) is 22.3 Å². The van der Waals surface area contributed by atoms with Crippen molar-refractivity contribution < 1.29 is 48.2 Å². The standard InChI is InChI=1S/C19H15.BrH.ClH.Li.Mg/c1-15-11-13-17(14-12-15)19-10-6-5-9-18(19)16-7-3-2-4-8-16;;;;/h2-7,9-14H,1H3;2*1H;;/q-1;;;+1;+2/p-2. The Balaban J connectivity index is 0. The Morgan fingerprint density at radius 2 is 1.30 bits per heavy atom. The van der Waals surface area contributed by atoms with Gasteiger partial charge < -0.3 is 29.4 Å². The Bertz CT molecular complexity index is 687. The first kappa shape index (κ1) is 25.0. The molecule has 3 aromatic rings. The summed E-state index contributed by atoms with van der Waals surface area (Å²) in [6, 6.07) is 28.6. The van der Waals surface area contributed by atoms with Crippen LogP contribution in [0.4, 0.5) is 0 Å². The van der Waals surface area contributed by atoms with Gasteiger partial charge in [-0.05, 0) is 12.5 Å². The van der Waals surface area contributed by atoms with Gasteiger partial charge >= 0.3 is 41.9 Å². The molecule has 0 N–H and O–H groups in total. The van der Waals surface area contributed by atoms with Crippen molar-refractivity contribution in [3.8, 4) is 22.3 Å². The van der Waals surface area contributed by atoms with Gasteiger partial charge in [0.25, 0.3) is 0 Å². The molecule has 0 nitrogen and oxygen atoms in total. The molecular formula is C19H15BrClLiMg. The predicted octanol–water partition coefficient (Wildman–Crippen LogP) is -4.24. The van der Waals surface area contributed by atoms with Gasteiger partial charge in [-0.1, -0.05) is 65.2 Å². The van der Waals surface area contributed by atoms with E-state index in [4.69, 9.17) is 0 Å². The van der Waals surface area contributed by atoms with E-state index in [2.05, 4.69) is 73.7 Å². The summed E-state index contributed by atoms with van der Waals surface area (Å²) in [5.74, 6) is 0. The Labute approximate surface area is 183 Å². The molecule has 3 rings (SSSR count). The molecular weight excluding hydrogens is 375 g/mol. The molecule has 108 valence electrons. The molecule has 0 atom stereocenters. The van der Waals surface area contributed by atoms with Crippen LogP contribution in [-0.2, 0) is 0 Å². The van der Waals surface area contributed by atoms with Crippen molar-refractivity contribution in [2.45, 2.75) is 6.92 Å². The Morgan fingerprint density at radius 1 is 0.739 bits per heavy atom. The topological polar surface area (TPSA) is 0 Å². The van der Waals surface area contributed by atoms with Crippen molar-refractivity contribution in [1.29, 1.82) is 0 Å². The van der Waals surface area contributed by atoms with E-state index in [1.165, 1.54) is 22.3 Å². The van der Waals surface area contributed by atoms with Crippen molar-refractivity contribution in [2.24, 2.45) is 0 Å². The van der Waals surface area contributed by atoms with Crippen molar-refractivity contribution in [3.05, 3.63) is 84.4 Å². The monoisotopic (exact) mass is 388 g/mol. The molecule has 0 heterocycles. The average Bonchev–Trinajstić information content (AvgIpc) is 2.49. The third-order valence-corrected chi connectivity index (χ3v) is 3.29. The first-order valence-corrected chi connectivity index (χ1v) is 6.48. The summed E-state index contributed by atoms with van der Waals surface area (Å²) in [5, 5.41) is 0. The SMILES string of the molecule is Cc1ccc(-c2ccccc2-c2[c-]cccc2)cc1.[Br-].[Cl-].[Li+].[Mg+2]. The second kappa shape index (κ2) is 12.2. The van der Waals surface area contributed by atoms with Crippen LogP contribution in [0.15, 0.2) is 72.8 Å². The number of hydrogen-bond donors (Lipinski definition) is 0. The second-order valence-electron chi connectivity index (χ2n) is 4.69. The summed E-state index contributed by atoms with van der Waals surface area (Å²) >= 11 is 0. The molecule has 23 heavy (non-hydrogen) atoms. The summed E-state index contributed by atoms with van der Waals surface area (Å²) in [6.07, 6.45) is 0. The van der Waals surface area contributed by atoms with Crippen molar-refractivity contribution in [2.75, 3.05) is 0 Å². The summed E-state index contributed by atoms with van der Waals surface area (Å²) in [6.45, 7) is 2.11. The Kier molecular flexibility index (Phi) is 13.3. The maximum atomic E-state index is 3.31. The number of hydrogen-bond acceptors (Lipinski definition) is 0. The van der Waals surface area contributed by atoms with Crippen molar-refractivity contribution in [1.82, 2.24) is 0 Å². The van der Waals surface area contributed by atoms with Crippen LogP contribution in [0.2, 0.25) is 0 Å². The molecule has 0 saturated heterocycles. The third-order valence-electron chi connectivity index (χ3n) is 3.29. The van der Waals surface area contributed by atoms with E-state index in [1.54, 1.807) is 0 Å². The molecule has 0 fully saturated rings. The summed E-state index contributed by atoms with van der Waals surface area (Å²) in [7, 11) is 0. The molecule has 0 aliphatic heterocycles. The van der Waals surface area contributed by atoms with Crippen molar-refractivity contribution >= 4 is 23.1 Å². The third kappa shape index (κ3) is 6.31. The average molecular weight is 390 g/mol. The maximum Gasteiger partial charge on any atom is 2.00 e. The van der Waals surface area contributed by atoms with Gasteiger partial charge in [0.05, 0.1) is 0 Å². The normalized spacial score (nSPS) is 8.57. The predicted molar refractivity (Wildman–Crippen MR) is 86.6 cm³/mol. The van der Waals surface area contributed by atoms with E-state index in [0.29, 0.717) is 0 Å². The molecule has 3 aromatic carbocycles. The zero-order valence-corrected chi connectivity index (χ0v) is 17.1. The fraction of sp³-hybridized carbons (Fsp3) is 0.0526. The number of benzene rings is 3. The molecule has 0 aliphatic rings. The number of rotatable bonds is 2. The summed E-state index contributed by atoms with van der Waals surface area (Å²) < 4.78 is 0. The molecule has 4 heteroatoms. The molecule has 0 amide bonds. The van der Waals surface area contributed by atoms with E-state index in [0.717, 1.165) is 5.56 Å². The van der Waals surface area contributed by atoms with Crippen molar-refractivity contribution in [3.63, 3.8) is 0 Å². The second-order valence-corrected chi connectivity index (χ2v) is 4.69. The van der Waals surface area contributed by atoms with Crippen LogP contribution in [0.3, 0.4) is 0 Å². The van der Waals surface area contributed by atoms with Gasteiger partial charge in [0.15, 0.2) is 0 Å². The maximum absolute atomic E-state index is 3.31. The number of aryl methyl sites for hydroxylation is 1. The first-order valence-electron chi connectivity index (χ1n) is 6.48. The summed E-state index contributed by atoms with van der Waals surface area (Å²) in [4.78, 5) is 0. The Morgan fingerprint density at radius 3 is 1.87 bits per heavy atom. The quantitative estimate of drug-likeness (QED) is 0.308. The Hall–Kier alpha value is -0.206. The van der Waals surface area contributed by atoms with Crippen LogP contribution in [0.5, 0.6) is 0 Å². The van der Waals surface area contributed by atoms with Crippen LogP contribution < -0.4 is 48.2 Å². The zero-order chi connectivity index (χ0) is 13.1. The van der Waals surface area contributed by atoms with Crippen LogP contribution in [0, 0.1) is 13.0 Å². The van der Waals surface area contributed by atoms with Gasteiger partial charge in [-0.15, -0.1) is 35.9 Å². The van der Waals surface area contributed by atoms with E-state index in [9.17, 15) is 0 Å². The minimum Gasteiger partial charge on any atom is -1.00 e. The smallest absolute Gasteiger partial charge is 1.00 e. The molecule has 0 bridgehead atoms. The first-order chi connectivity index (χ1) is 9.34. The van der Waals surface area contributed by atoms with Crippen LogP contribution in [0.1, 0.15) is 5.56 Å². The molecule has 0 saturated carbocycles. The van der Waals surface area contributed by atoms with E-state index in [1.807, 2.05) is 12.1 Å². The zero-order valence-electron chi connectivity index (χ0n) is 13.4. The van der Waals surface area contributed by atoms with E-state index >= 15 is 0 Å². The van der Waals surface area contributed by atoms with Gasteiger partial charge in [-0.25, -0.2) is 0 Å². The summed E-state index contributed by atoms with van der Waals surface area (Å²) in [5.41, 5.74) is 6.15. The molecule has 0 radical (unpaired) electrons. The van der Waals surface area contributed by atoms with Gasteiger partial charge in [0, 0.05) is 0 Å². The number of halogens is 2. The van der Waals surface area contributed by atoms with Gasteiger partial charge in [0.1, 0.15) is 0 Å². The van der Waals surface area contributed by atoms with Gasteiger partial charge in [0.2, 0.25) is 0 Å². The minimum absolute atomic E-state index is 0. The minimum atomic E-state index is 0. The van der Waals surface area contributed by atoms with Crippen LogP contribution in [-0.4, -0.2) is 23.1 Å². The van der Waals surface area contributed by atoms with Gasteiger partial charge in [-0.3, -0.25) is 0 Å². The van der Waals surface area contributed by atoms with E-state index in [-0.39, 0.29) is 71.3 Å². The molecule has 0 spiro atoms. The van der Waals surface area contributed by atoms with E-state index < -0.39 is 0 Å².